The molecule has 2 aromatic carbocycles. The van der Waals surface area contributed by atoms with Crippen LogP contribution in [-0.2, 0) is 4.79 Å². The lowest BCUT2D eigenvalue weighted by atomic mass is 10.2. The summed E-state index contributed by atoms with van der Waals surface area (Å²) in [7, 11) is 0. The molecule has 0 bridgehead atoms. The number of hydrogen-bond donors (Lipinski definition) is 0. The maximum atomic E-state index is 13.0. The molecule has 1 amide bonds. The van der Waals surface area contributed by atoms with Crippen molar-refractivity contribution in [1.29, 1.82) is 0 Å². The van der Waals surface area contributed by atoms with Crippen LogP contribution in [0, 0.1) is 5.82 Å². The van der Waals surface area contributed by atoms with Gasteiger partial charge in [-0.3, -0.25) is 4.79 Å². The van der Waals surface area contributed by atoms with E-state index in [1.54, 1.807) is 30.0 Å². The summed E-state index contributed by atoms with van der Waals surface area (Å²) >= 11 is 1.71. The van der Waals surface area contributed by atoms with E-state index in [1.807, 2.05) is 41.3 Å². The van der Waals surface area contributed by atoms with Gasteiger partial charge < -0.3 is 4.90 Å². The summed E-state index contributed by atoms with van der Waals surface area (Å²) in [5.41, 5.74) is 1.96. The highest BCUT2D eigenvalue weighted by molar-refractivity contribution is 7.99. The number of halogens is 1. The number of benzene rings is 2. The Morgan fingerprint density at radius 3 is 2.59 bits per heavy atom. The second-order valence-corrected chi connectivity index (χ2v) is 6.24. The summed E-state index contributed by atoms with van der Waals surface area (Å²) in [6, 6.07) is 16.1. The van der Waals surface area contributed by atoms with Gasteiger partial charge in [0, 0.05) is 18.4 Å². The molecule has 3 rings (SSSR count). The summed E-state index contributed by atoms with van der Waals surface area (Å²) in [5.74, 6) is 0.629. The molecule has 0 spiro atoms. The molecule has 0 radical (unpaired) electrons. The van der Waals surface area contributed by atoms with Gasteiger partial charge in [0.2, 0.25) is 5.91 Å². The topological polar surface area (TPSA) is 20.3 Å². The predicted molar refractivity (Wildman–Crippen MR) is 88.8 cm³/mol. The van der Waals surface area contributed by atoms with Crippen LogP contribution in [0.3, 0.4) is 0 Å². The Labute approximate surface area is 133 Å². The second kappa shape index (κ2) is 6.79. The molecule has 1 aliphatic heterocycles. The number of rotatable bonds is 3. The normalized spacial score (nSPS) is 18.0. The number of thioether (sulfide) groups is 1. The summed E-state index contributed by atoms with van der Waals surface area (Å²) in [6.45, 7) is 0.713. The number of amides is 1. The van der Waals surface area contributed by atoms with Gasteiger partial charge in [-0.15, -0.1) is 11.8 Å². The van der Waals surface area contributed by atoms with Gasteiger partial charge in [-0.25, -0.2) is 4.39 Å². The second-order valence-electron chi connectivity index (χ2n) is 5.05. The molecule has 0 N–H and O–H groups in total. The van der Waals surface area contributed by atoms with Crippen molar-refractivity contribution in [2.24, 2.45) is 0 Å². The molecule has 4 heteroatoms. The first kappa shape index (κ1) is 14.9. The number of hydrogen-bond acceptors (Lipinski definition) is 2. The minimum atomic E-state index is -0.256. The van der Waals surface area contributed by atoms with Gasteiger partial charge >= 0.3 is 0 Å². The zero-order chi connectivity index (χ0) is 15.4. The Morgan fingerprint density at radius 2 is 1.86 bits per heavy atom. The highest BCUT2D eigenvalue weighted by Gasteiger charge is 2.29. The van der Waals surface area contributed by atoms with E-state index < -0.39 is 0 Å². The Bertz CT molecular complexity index is 669. The number of carbonyl (C=O) groups is 1. The minimum absolute atomic E-state index is 0.0109. The van der Waals surface area contributed by atoms with Crippen LogP contribution in [0.2, 0.25) is 0 Å². The lowest BCUT2D eigenvalue weighted by molar-refractivity contribution is -0.126. The van der Waals surface area contributed by atoms with Crippen LogP contribution in [0.5, 0.6) is 0 Å². The SMILES string of the molecule is O=C(/C=C/c1ccccc1)N1CCS[C@H]1c1ccc(F)cc1. The van der Waals surface area contributed by atoms with Gasteiger partial charge in [-0.2, -0.15) is 0 Å². The molecular weight excluding hydrogens is 297 g/mol. The van der Waals surface area contributed by atoms with E-state index in [1.165, 1.54) is 12.1 Å². The molecule has 22 heavy (non-hydrogen) atoms. The summed E-state index contributed by atoms with van der Waals surface area (Å²) in [4.78, 5) is 14.3. The first-order chi connectivity index (χ1) is 10.7. The Morgan fingerprint density at radius 1 is 1.14 bits per heavy atom. The van der Waals surface area contributed by atoms with E-state index in [4.69, 9.17) is 0 Å². The standard InChI is InChI=1S/C18H16FNOS/c19-16-9-7-15(8-10-16)18-20(12-13-22-18)17(21)11-6-14-4-2-1-3-5-14/h1-11,18H,12-13H2/b11-6+/t18-/m0/s1. The molecule has 112 valence electrons. The largest absolute Gasteiger partial charge is 0.322 e. The molecule has 0 saturated carbocycles. The highest BCUT2D eigenvalue weighted by Crippen LogP contribution is 2.37. The molecular formula is C18H16FNOS. The molecule has 0 aliphatic carbocycles. The fourth-order valence-corrected chi connectivity index (χ4v) is 3.69. The third-order valence-corrected chi connectivity index (χ3v) is 4.81. The van der Waals surface area contributed by atoms with Crippen molar-refractivity contribution in [2.45, 2.75) is 5.37 Å². The Kier molecular flexibility index (Phi) is 4.59. The summed E-state index contributed by atoms with van der Waals surface area (Å²) in [5, 5.41) is -0.0338. The van der Waals surface area contributed by atoms with Crippen molar-refractivity contribution in [1.82, 2.24) is 4.90 Å². The van der Waals surface area contributed by atoms with Gasteiger partial charge in [0.05, 0.1) is 0 Å². The maximum absolute atomic E-state index is 13.0. The predicted octanol–water partition coefficient (Wildman–Crippen LogP) is 4.11. The van der Waals surface area contributed by atoms with Gasteiger partial charge in [0.1, 0.15) is 11.2 Å². The lowest BCUT2D eigenvalue weighted by Crippen LogP contribution is -2.28. The third kappa shape index (κ3) is 3.39. The number of nitrogens with zero attached hydrogens (tertiary/aromatic N) is 1. The molecule has 1 saturated heterocycles. The van der Waals surface area contributed by atoms with Crippen LogP contribution in [0.25, 0.3) is 6.08 Å². The van der Waals surface area contributed by atoms with Crippen LogP contribution in [0.1, 0.15) is 16.5 Å². The van der Waals surface area contributed by atoms with E-state index in [0.717, 1.165) is 16.9 Å². The Balaban J connectivity index is 1.74. The first-order valence-electron chi connectivity index (χ1n) is 7.15. The average molecular weight is 313 g/mol. The molecule has 0 aromatic heterocycles. The van der Waals surface area contributed by atoms with E-state index in [2.05, 4.69) is 0 Å². The van der Waals surface area contributed by atoms with Crippen LogP contribution < -0.4 is 0 Å². The zero-order valence-electron chi connectivity index (χ0n) is 12.0. The van der Waals surface area contributed by atoms with Crippen molar-refractivity contribution in [3.63, 3.8) is 0 Å². The molecule has 2 nitrogen and oxygen atoms in total. The van der Waals surface area contributed by atoms with E-state index >= 15 is 0 Å². The average Bonchev–Trinajstić information content (AvgIpc) is 3.04. The fraction of sp³-hybridized carbons (Fsp3) is 0.167. The quantitative estimate of drug-likeness (QED) is 0.795. The molecule has 1 aliphatic rings. The van der Waals surface area contributed by atoms with E-state index in [0.29, 0.717) is 6.54 Å². The smallest absolute Gasteiger partial charge is 0.247 e. The maximum Gasteiger partial charge on any atom is 0.247 e. The van der Waals surface area contributed by atoms with E-state index in [-0.39, 0.29) is 17.1 Å². The van der Waals surface area contributed by atoms with E-state index in [9.17, 15) is 9.18 Å². The van der Waals surface area contributed by atoms with Crippen molar-refractivity contribution in [3.8, 4) is 0 Å². The van der Waals surface area contributed by atoms with Crippen molar-refractivity contribution in [2.75, 3.05) is 12.3 Å². The van der Waals surface area contributed by atoms with Crippen molar-refractivity contribution < 1.29 is 9.18 Å². The van der Waals surface area contributed by atoms with Gasteiger partial charge in [-0.1, -0.05) is 42.5 Å². The molecule has 1 heterocycles. The lowest BCUT2D eigenvalue weighted by Gasteiger charge is -2.22. The van der Waals surface area contributed by atoms with Crippen molar-refractivity contribution in [3.05, 3.63) is 77.6 Å². The molecule has 0 unspecified atom stereocenters. The molecule has 1 fully saturated rings. The summed E-state index contributed by atoms with van der Waals surface area (Å²) < 4.78 is 13.0. The minimum Gasteiger partial charge on any atom is -0.322 e. The fourth-order valence-electron chi connectivity index (χ4n) is 2.43. The first-order valence-corrected chi connectivity index (χ1v) is 8.20. The number of carbonyl (C=O) groups excluding carboxylic acids is 1. The van der Waals surface area contributed by atoms with Crippen molar-refractivity contribution >= 4 is 23.7 Å². The highest BCUT2D eigenvalue weighted by atomic mass is 32.2. The third-order valence-electron chi connectivity index (χ3n) is 3.55. The van der Waals surface area contributed by atoms with Crippen LogP contribution >= 0.6 is 11.8 Å². The van der Waals surface area contributed by atoms with Gasteiger partial charge in [-0.05, 0) is 29.3 Å². The molecule has 1 atom stereocenters. The van der Waals surface area contributed by atoms with Crippen LogP contribution in [0.15, 0.2) is 60.7 Å². The van der Waals surface area contributed by atoms with Gasteiger partial charge in [0.25, 0.3) is 0 Å². The molecule has 2 aromatic rings. The monoisotopic (exact) mass is 313 g/mol. The van der Waals surface area contributed by atoms with Crippen LogP contribution in [0.4, 0.5) is 4.39 Å². The Hall–Kier alpha value is -2.07. The van der Waals surface area contributed by atoms with Gasteiger partial charge in [0.15, 0.2) is 0 Å². The summed E-state index contributed by atoms with van der Waals surface area (Å²) in [6.07, 6.45) is 3.44. The zero-order valence-corrected chi connectivity index (χ0v) is 12.8. The van der Waals surface area contributed by atoms with Crippen LogP contribution in [-0.4, -0.2) is 23.1 Å².